The van der Waals surface area contributed by atoms with Crippen LogP contribution >= 0.6 is 23.2 Å². The summed E-state index contributed by atoms with van der Waals surface area (Å²) in [4.78, 5) is 12.4. The smallest absolute Gasteiger partial charge is 0.224 e. The lowest BCUT2D eigenvalue weighted by Crippen LogP contribution is -2.28. The number of benzene rings is 2. The summed E-state index contributed by atoms with van der Waals surface area (Å²) < 4.78 is 0. The third kappa shape index (κ3) is 3.29. The molecule has 1 fully saturated rings. The highest BCUT2D eigenvalue weighted by molar-refractivity contribution is 6.31. The van der Waals surface area contributed by atoms with Gasteiger partial charge in [0.1, 0.15) is 0 Å². The maximum absolute atomic E-state index is 12.4. The maximum Gasteiger partial charge on any atom is 0.224 e. The molecule has 1 saturated carbocycles. The summed E-state index contributed by atoms with van der Waals surface area (Å²) in [6, 6.07) is 15.3. The van der Waals surface area contributed by atoms with Gasteiger partial charge in [0.15, 0.2) is 0 Å². The Kier molecular flexibility index (Phi) is 4.42. The van der Waals surface area contributed by atoms with Crippen LogP contribution in [0.5, 0.6) is 0 Å². The molecule has 1 N–H and O–H groups in total. The predicted molar refractivity (Wildman–Crippen MR) is 90.3 cm³/mol. The van der Waals surface area contributed by atoms with E-state index in [1.165, 1.54) is 0 Å². The Bertz CT molecular complexity index is 701. The number of carbonyl (C=O) groups excluding carboxylic acids is 1. The minimum Gasteiger partial charge on any atom is -0.349 e. The molecule has 0 bridgehead atoms. The third-order valence-corrected chi connectivity index (χ3v) is 4.72. The standard InChI is InChI=1S/C18H17Cl2NO/c1-11(12-5-4-6-13(19)9-12)21-18(22)16-10-15(16)14-7-2-3-8-17(14)20/h2-9,11,15-16H,10H2,1H3,(H,21,22). The van der Waals surface area contributed by atoms with Crippen molar-refractivity contribution in [1.82, 2.24) is 5.32 Å². The molecule has 0 spiro atoms. The van der Waals surface area contributed by atoms with Crippen LogP contribution in [0.25, 0.3) is 0 Å². The van der Waals surface area contributed by atoms with Gasteiger partial charge in [-0.05, 0) is 48.6 Å². The summed E-state index contributed by atoms with van der Waals surface area (Å²) in [6.45, 7) is 1.97. The van der Waals surface area contributed by atoms with Crippen molar-refractivity contribution in [2.45, 2.75) is 25.3 Å². The lowest BCUT2D eigenvalue weighted by molar-refractivity contribution is -0.123. The number of amides is 1. The lowest BCUT2D eigenvalue weighted by Gasteiger charge is -2.14. The second kappa shape index (κ2) is 6.31. The SMILES string of the molecule is CC(NC(=O)C1CC1c1ccccc1Cl)c1cccc(Cl)c1. The molecule has 0 aliphatic heterocycles. The third-order valence-electron chi connectivity index (χ3n) is 4.14. The van der Waals surface area contributed by atoms with Crippen molar-refractivity contribution in [2.75, 3.05) is 0 Å². The van der Waals surface area contributed by atoms with Gasteiger partial charge in [-0.3, -0.25) is 4.79 Å². The van der Waals surface area contributed by atoms with Crippen molar-refractivity contribution in [1.29, 1.82) is 0 Å². The number of nitrogens with one attached hydrogen (secondary N) is 1. The van der Waals surface area contributed by atoms with E-state index in [0.717, 1.165) is 22.6 Å². The average Bonchev–Trinajstić information content (AvgIpc) is 3.28. The molecule has 1 amide bonds. The quantitative estimate of drug-likeness (QED) is 0.840. The molecule has 3 unspecified atom stereocenters. The van der Waals surface area contributed by atoms with Crippen LogP contribution < -0.4 is 5.32 Å². The molecule has 2 nitrogen and oxygen atoms in total. The van der Waals surface area contributed by atoms with Gasteiger partial charge in [0.25, 0.3) is 0 Å². The monoisotopic (exact) mass is 333 g/mol. The normalized spacial score (nSPS) is 21.2. The molecule has 0 saturated heterocycles. The summed E-state index contributed by atoms with van der Waals surface area (Å²) in [5.74, 6) is 0.333. The molecular weight excluding hydrogens is 317 g/mol. The Morgan fingerprint density at radius 2 is 1.95 bits per heavy atom. The molecule has 0 radical (unpaired) electrons. The molecule has 3 atom stereocenters. The zero-order valence-corrected chi connectivity index (χ0v) is 13.7. The van der Waals surface area contributed by atoms with Gasteiger partial charge >= 0.3 is 0 Å². The highest BCUT2D eigenvalue weighted by Gasteiger charge is 2.45. The van der Waals surface area contributed by atoms with Gasteiger partial charge in [0, 0.05) is 16.0 Å². The molecule has 114 valence electrons. The summed E-state index contributed by atoms with van der Waals surface area (Å²) in [5, 5.41) is 4.48. The number of hydrogen-bond donors (Lipinski definition) is 1. The first kappa shape index (κ1) is 15.4. The predicted octanol–water partition coefficient (Wildman–Crippen LogP) is 4.97. The summed E-state index contributed by atoms with van der Waals surface area (Å²) in [6.07, 6.45) is 0.859. The number of hydrogen-bond acceptors (Lipinski definition) is 1. The van der Waals surface area contributed by atoms with Gasteiger partial charge in [-0.15, -0.1) is 0 Å². The highest BCUT2D eigenvalue weighted by atomic mass is 35.5. The van der Waals surface area contributed by atoms with Crippen molar-refractivity contribution >= 4 is 29.1 Å². The Hall–Kier alpha value is -1.51. The fraction of sp³-hybridized carbons (Fsp3) is 0.278. The van der Waals surface area contributed by atoms with E-state index >= 15 is 0 Å². The van der Waals surface area contributed by atoms with Crippen LogP contribution in [0.2, 0.25) is 10.0 Å². The fourth-order valence-electron chi connectivity index (χ4n) is 2.78. The second-order valence-corrected chi connectivity index (χ2v) is 6.60. The first-order chi connectivity index (χ1) is 10.6. The second-order valence-electron chi connectivity index (χ2n) is 5.76. The molecule has 0 heterocycles. The van der Waals surface area contributed by atoms with Crippen molar-refractivity contribution in [3.8, 4) is 0 Å². The molecule has 3 rings (SSSR count). The van der Waals surface area contributed by atoms with Crippen LogP contribution in [0.1, 0.15) is 36.4 Å². The van der Waals surface area contributed by atoms with Crippen LogP contribution in [0.3, 0.4) is 0 Å². The first-order valence-corrected chi connectivity index (χ1v) is 8.12. The molecule has 1 aliphatic rings. The first-order valence-electron chi connectivity index (χ1n) is 7.36. The van der Waals surface area contributed by atoms with E-state index in [0.29, 0.717) is 5.02 Å². The van der Waals surface area contributed by atoms with Gasteiger partial charge in [-0.2, -0.15) is 0 Å². The number of carbonyl (C=O) groups is 1. The van der Waals surface area contributed by atoms with E-state index in [1.807, 2.05) is 55.5 Å². The molecule has 2 aromatic rings. The van der Waals surface area contributed by atoms with Gasteiger partial charge in [0.2, 0.25) is 5.91 Å². The van der Waals surface area contributed by atoms with Crippen LogP contribution in [0, 0.1) is 5.92 Å². The van der Waals surface area contributed by atoms with Crippen molar-refractivity contribution in [2.24, 2.45) is 5.92 Å². The minimum atomic E-state index is -0.0568. The zero-order chi connectivity index (χ0) is 15.7. The van der Waals surface area contributed by atoms with Crippen LogP contribution in [-0.2, 0) is 4.79 Å². The van der Waals surface area contributed by atoms with E-state index < -0.39 is 0 Å². The Balaban J connectivity index is 1.63. The largest absolute Gasteiger partial charge is 0.349 e. The minimum absolute atomic E-state index is 0.0153. The van der Waals surface area contributed by atoms with E-state index in [2.05, 4.69) is 5.32 Å². The van der Waals surface area contributed by atoms with E-state index in [-0.39, 0.29) is 23.8 Å². The molecule has 22 heavy (non-hydrogen) atoms. The van der Waals surface area contributed by atoms with Gasteiger partial charge in [0.05, 0.1) is 6.04 Å². The summed E-state index contributed by atoms with van der Waals surface area (Å²) in [7, 11) is 0. The van der Waals surface area contributed by atoms with Crippen molar-refractivity contribution in [3.05, 3.63) is 69.7 Å². The molecule has 2 aromatic carbocycles. The van der Waals surface area contributed by atoms with E-state index in [4.69, 9.17) is 23.2 Å². The summed E-state index contributed by atoms with van der Waals surface area (Å²) >= 11 is 12.2. The van der Waals surface area contributed by atoms with Gasteiger partial charge in [-0.25, -0.2) is 0 Å². The van der Waals surface area contributed by atoms with Crippen LogP contribution in [0.15, 0.2) is 48.5 Å². The van der Waals surface area contributed by atoms with Crippen molar-refractivity contribution in [3.63, 3.8) is 0 Å². The topological polar surface area (TPSA) is 29.1 Å². The van der Waals surface area contributed by atoms with E-state index in [9.17, 15) is 4.79 Å². The number of halogens is 2. The van der Waals surface area contributed by atoms with Gasteiger partial charge < -0.3 is 5.32 Å². The number of rotatable bonds is 4. The molecule has 4 heteroatoms. The Morgan fingerprint density at radius 1 is 1.18 bits per heavy atom. The van der Waals surface area contributed by atoms with Gasteiger partial charge in [-0.1, -0.05) is 53.5 Å². The van der Waals surface area contributed by atoms with Crippen LogP contribution in [-0.4, -0.2) is 5.91 Å². The summed E-state index contributed by atoms with van der Waals surface area (Å²) in [5.41, 5.74) is 2.08. The van der Waals surface area contributed by atoms with Crippen molar-refractivity contribution < 1.29 is 4.79 Å². The molecular formula is C18H17Cl2NO. The van der Waals surface area contributed by atoms with E-state index in [1.54, 1.807) is 0 Å². The average molecular weight is 334 g/mol. The maximum atomic E-state index is 12.4. The van der Waals surface area contributed by atoms with Crippen LogP contribution in [0.4, 0.5) is 0 Å². The molecule has 1 aliphatic carbocycles. The fourth-order valence-corrected chi connectivity index (χ4v) is 3.26. The zero-order valence-electron chi connectivity index (χ0n) is 12.2. The Labute approximate surface area is 140 Å². The molecule has 0 aromatic heterocycles. The highest BCUT2D eigenvalue weighted by Crippen LogP contribution is 2.49. The Morgan fingerprint density at radius 3 is 2.68 bits per heavy atom. The lowest BCUT2D eigenvalue weighted by atomic mass is 10.1.